The number of aromatic nitrogens is 3. The van der Waals surface area contributed by atoms with Crippen molar-refractivity contribution in [2.24, 2.45) is 5.92 Å². The van der Waals surface area contributed by atoms with E-state index in [4.69, 9.17) is 4.98 Å². The van der Waals surface area contributed by atoms with Crippen LogP contribution in [0.15, 0.2) is 30.7 Å². The van der Waals surface area contributed by atoms with Crippen LogP contribution in [0, 0.1) is 5.92 Å². The highest BCUT2D eigenvalue weighted by Gasteiger charge is 2.18. The van der Waals surface area contributed by atoms with Crippen LogP contribution in [0.4, 0.5) is 5.82 Å². The van der Waals surface area contributed by atoms with Crippen molar-refractivity contribution in [2.45, 2.75) is 58.4 Å². The molecular formula is C19H26N4. The molecule has 3 rings (SSSR count). The summed E-state index contributed by atoms with van der Waals surface area (Å²) in [5, 5.41) is 3.68. The quantitative estimate of drug-likeness (QED) is 0.854. The SMILES string of the molecule is CCC(C)Cc1cnc(-c2cccnc2)nc1NC1CCCC1. The molecule has 1 atom stereocenters. The van der Waals surface area contributed by atoms with E-state index in [0.717, 1.165) is 23.6 Å². The Balaban J connectivity index is 1.89. The first-order valence-corrected chi connectivity index (χ1v) is 8.79. The van der Waals surface area contributed by atoms with Gasteiger partial charge in [0.25, 0.3) is 0 Å². The maximum absolute atomic E-state index is 4.83. The summed E-state index contributed by atoms with van der Waals surface area (Å²) < 4.78 is 0. The van der Waals surface area contributed by atoms with Crippen molar-refractivity contribution in [3.8, 4) is 11.4 Å². The fraction of sp³-hybridized carbons (Fsp3) is 0.526. The number of hydrogen-bond acceptors (Lipinski definition) is 4. The fourth-order valence-electron chi connectivity index (χ4n) is 3.10. The Bertz CT molecular complexity index is 621. The summed E-state index contributed by atoms with van der Waals surface area (Å²) >= 11 is 0. The number of nitrogens with zero attached hydrogens (tertiary/aromatic N) is 3. The Labute approximate surface area is 138 Å². The van der Waals surface area contributed by atoms with Gasteiger partial charge in [0.05, 0.1) is 0 Å². The van der Waals surface area contributed by atoms with Gasteiger partial charge >= 0.3 is 0 Å². The molecule has 0 amide bonds. The molecule has 4 nitrogen and oxygen atoms in total. The number of rotatable bonds is 6. The lowest BCUT2D eigenvalue weighted by Crippen LogP contribution is -2.18. The van der Waals surface area contributed by atoms with Gasteiger partial charge in [0.15, 0.2) is 5.82 Å². The van der Waals surface area contributed by atoms with Gasteiger partial charge in [-0.1, -0.05) is 33.1 Å². The normalized spacial score (nSPS) is 16.4. The summed E-state index contributed by atoms with van der Waals surface area (Å²) in [6.07, 6.45) is 12.9. The van der Waals surface area contributed by atoms with Crippen LogP contribution in [0.3, 0.4) is 0 Å². The molecule has 0 bridgehead atoms. The van der Waals surface area contributed by atoms with E-state index < -0.39 is 0 Å². The van der Waals surface area contributed by atoms with E-state index in [0.29, 0.717) is 12.0 Å². The van der Waals surface area contributed by atoms with Gasteiger partial charge in [-0.2, -0.15) is 0 Å². The van der Waals surface area contributed by atoms with Gasteiger partial charge in [-0.15, -0.1) is 0 Å². The minimum atomic E-state index is 0.558. The first kappa shape index (κ1) is 15.9. The Morgan fingerprint density at radius 1 is 1.26 bits per heavy atom. The van der Waals surface area contributed by atoms with Crippen molar-refractivity contribution in [1.29, 1.82) is 0 Å². The maximum atomic E-state index is 4.83. The van der Waals surface area contributed by atoms with E-state index in [1.807, 2.05) is 24.5 Å². The van der Waals surface area contributed by atoms with E-state index in [-0.39, 0.29) is 0 Å². The van der Waals surface area contributed by atoms with E-state index in [1.54, 1.807) is 6.20 Å². The molecule has 23 heavy (non-hydrogen) atoms. The highest BCUT2D eigenvalue weighted by molar-refractivity contribution is 5.57. The van der Waals surface area contributed by atoms with Gasteiger partial charge in [0.1, 0.15) is 5.82 Å². The molecule has 122 valence electrons. The van der Waals surface area contributed by atoms with E-state index in [2.05, 4.69) is 29.1 Å². The van der Waals surface area contributed by atoms with Crippen LogP contribution >= 0.6 is 0 Å². The molecule has 1 fully saturated rings. The second-order valence-electron chi connectivity index (χ2n) is 6.65. The minimum absolute atomic E-state index is 0.558. The van der Waals surface area contributed by atoms with Crippen molar-refractivity contribution in [3.63, 3.8) is 0 Å². The van der Waals surface area contributed by atoms with Crippen molar-refractivity contribution in [3.05, 3.63) is 36.3 Å². The second kappa shape index (κ2) is 7.53. The summed E-state index contributed by atoms with van der Waals surface area (Å²) in [5.41, 5.74) is 2.20. The molecule has 1 aliphatic rings. The molecule has 4 heteroatoms. The zero-order chi connectivity index (χ0) is 16.1. The Hall–Kier alpha value is -1.97. The molecule has 0 aromatic carbocycles. The third kappa shape index (κ3) is 4.06. The third-order valence-corrected chi connectivity index (χ3v) is 4.75. The molecule has 0 radical (unpaired) electrons. The number of pyridine rings is 1. The summed E-state index contributed by atoms with van der Waals surface area (Å²) in [6, 6.07) is 4.49. The largest absolute Gasteiger partial charge is 0.367 e. The lowest BCUT2D eigenvalue weighted by molar-refractivity contribution is 0.558. The number of nitrogens with one attached hydrogen (secondary N) is 1. The first-order valence-electron chi connectivity index (χ1n) is 8.79. The van der Waals surface area contributed by atoms with Crippen LogP contribution in [-0.2, 0) is 6.42 Å². The molecule has 0 aliphatic heterocycles. The van der Waals surface area contributed by atoms with Gasteiger partial charge in [0.2, 0.25) is 0 Å². The molecule has 1 saturated carbocycles. The van der Waals surface area contributed by atoms with E-state index in [1.165, 1.54) is 37.7 Å². The monoisotopic (exact) mass is 310 g/mol. The van der Waals surface area contributed by atoms with E-state index >= 15 is 0 Å². The van der Waals surface area contributed by atoms with E-state index in [9.17, 15) is 0 Å². The van der Waals surface area contributed by atoms with Crippen molar-refractivity contribution in [1.82, 2.24) is 15.0 Å². The second-order valence-corrected chi connectivity index (χ2v) is 6.65. The van der Waals surface area contributed by atoms with Gasteiger partial charge in [-0.25, -0.2) is 9.97 Å². The molecule has 1 N–H and O–H groups in total. The molecule has 2 aromatic heterocycles. The van der Waals surface area contributed by atoms with Gasteiger partial charge < -0.3 is 5.32 Å². The van der Waals surface area contributed by atoms with Crippen molar-refractivity contribution >= 4 is 5.82 Å². The van der Waals surface area contributed by atoms with Gasteiger partial charge in [-0.3, -0.25) is 4.98 Å². The van der Waals surface area contributed by atoms with Crippen LogP contribution in [-0.4, -0.2) is 21.0 Å². The summed E-state index contributed by atoms with van der Waals surface area (Å²) in [6.45, 7) is 4.52. The molecule has 2 aromatic rings. The Kier molecular flexibility index (Phi) is 5.21. The predicted octanol–water partition coefficient (Wildman–Crippen LogP) is 4.48. The highest BCUT2D eigenvalue weighted by Crippen LogP contribution is 2.26. The molecule has 0 saturated heterocycles. The molecule has 1 aliphatic carbocycles. The fourth-order valence-corrected chi connectivity index (χ4v) is 3.10. The smallest absolute Gasteiger partial charge is 0.163 e. The van der Waals surface area contributed by atoms with Crippen LogP contribution in [0.25, 0.3) is 11.4 Å². The van der Waals surface area contributed by atoms with Gasteiger partial charge in [0, 0.05) is 35.8 Å². The van der Waals surface area contributed by atoms with Crippen molar-refractivity contribution < 1.29 is 0 Å². The average Bonchev–Trinajstić information content (AvgIpc) is 3.10. The third-order valence-electron chi connectivity index (χ3n) is 4.75. The standard InChI is InChI=1S/C19H26N4/c1-3-14(2)11-16-13-21-18(15-7-6-10-20-12-15)23-19(16)22-17-8-4-5-9-17/h6-7,10,12-14,17H,3-5,8-9,11H2,1-2H3,(H,21,22,23). The minimum Gasteiger partial charge on any atom is -0.367 e. The van der Waals surface area contributed by atoms with Crippen molar-refractivity contribution in [2.75, 3.05) is 5.32 Å². The Morgan fingerprint density at radius 2 is 2.09 bits per heavy atom. The Morgan fingerprint density at radius 3 is 2.78 bits per heavy atom. The molecule has 0 spiro atoms. The lowest BCUT2D eigenvalue weighted by Gasteiger charge is -2.18. The maximum Gasteiger partial charge on any atom is 0.163 e. The number of anilines is 1. The topological polar surface area (TPSA) is 50.7 Å². The number of hydrogen-bond donors (Lipinski definition) is 1. The molecular weight excluding hydrogens is 284 g/mol. The van der Waals surface area contributed by atoms with Crippen LogP contribution < -0.4 is 5.32 Å². The summed E-state index contributed by atoms with van der Waals surface area (Å²) in [4.78, 5) is 13.6. The lowest BCUT2D eigenvalue weighted by atomic mass is 10.00. The zero-order valence-electron chi connectivity index (χ0n) is 14.1. The van der Waals surface area contributed by atoms with Crippen LogP contribution in [0.5, 0.6) is 0 Å². The molecule has 2 heterocycles. The van der Waals surface area contributed by atoms with Crippen LogP contribution in [0.2, 0.25) is 0 Å². The summed E-state index contributed by atoms with van der Waals surface area (Å²) in [7, 11) is 0. The summed E-state index contributed by atoms with van der Waals surface area (Å²) in [5.74, 6) is 2.42. The van der Waals surface area contributed by atoms with Gasteiger partial charge in [-0.05, 0) is 37.3 Å². The average molecular weight is 310 g/mol. The highest BCUT2D eigenvalue weighted by atomic mass is 15.1. The molecule has 1 unspecified atom stereocenters. The first-order chi connectivity index (χ1) is 11.3. The van der Waals surface area contributed by atoms with Crippen LogP contribution in [0.1, 0.15) is 51.5 Å². The predicted molar refractivity (Wildman–Crippen MR) is 94.3 cm³/mol. The zero-order valence-corrected chi connectivity index (χ0v) is 14.1.